The van der Waals surface area contributed by atoms with Gasteiger partial charge in [0.1, 0.15) is 10.6 Å². The normalized spacial score (nSPS) is 10.6. The van der Waals surface area contributed by atoms with Crippen LogP contribution in [0.1, 0.15) is 26.6 Å². The minimum absolute atomic E-state index is 0.201. The highest BCUT2D eigenvalue weighted by atomic mass is 32.1. The number of hydrogen-bond acceptors (Lipinski definition) is 6. The van der Waals surface area contributed by atoms with Crippen LogP contribution in [0.3, 0.4) is 0 Å². The lowest BCUT2D eigenvalue weighted by atomic mass is 10.1. The number of carbonyl (C=O) groups is 1. The minimum atomic E-state index is -0.201. The molecule has 3 aromatic rings. The van der Waals surface area contributed by atoms with Gasteiger partial charge in [-0.25, -0.2) is 0 Å². The molecule has 0 fully saturated rings. The lowest BCUT2D eigenvalue weighted by Gasteiger charge is -1.99. The summed E-state index contributed by atoms with van der Waals surface area (Å²) in [5, 5.41) is 10.6. The Kier molecular flexibility index (Phi) is 3.97. The third-order valence-electron chi connectivity index (χ3n) is 3.18. The topological polar surface area (TPSA) is 80.9 Å². The molecular weight excluding hydrogens is 300 g/mol. The highest BCUT2D eigenvalue weighted by molar-refractivity contribution is 7.07. The van der Waals surface area contributed by atoms with Crippen molar-refractivity contribution in [2.45, 2.75) is 20.4 Å². The molecule has 0 aliphatic carbocycles. The third-order valence-corrected chi connectivity index (χ3v) is 4.01. The molecule has 0 bridgehead atoms. The Morgan fingerprint density at radius 3 is 2.73 bits per heavy atom. The molecule has 1 amide bonds. The van der Waals surface area contributed by atoms with Crippen molar-refractivity contribution in [2.75, 3.05) is 0 Å². The van der Waals surface area contributed by atoms with E-state index in [1.54, 1.807) is 6.92 Å². The molecule has 0 radical (unpaired) electrons. The van der Waals surface area contributed by atoms with Crippen LogP contribution >= 0.6 is 11.5 Å². The van der Waals surface area contributed by atoms with Crippen LogP contribution in [0.4, 0.5) is 0 Å². The zero-order chi connectivity index (χ0) is 15.5. The summed E-state index contributed by atoms with van der Waals surface area (Å²) in [6.45, 7) is 4.08. The molecule has 3 rings (SSSR count). The zero-order valence-electron chi connectivity index (χ0n) is 12.2. The average Bonchev–Trinajstić information content (AvgIpc) is 3.14. The second-order valence-corrected chi connectivity index (χ2v) is 5.67. The molecule has 22 heavy (non-hydrogen) atoms. The largest absolute Gasteiger partial charge is 0.356 e. The summed E-state index contributed by atoms with van der Waals surface area (Å²) in [5.41, 5.74) is 3.43. The van der Waals surface area contributed by atoms with Gasteiger partial charge in [-0.05, 0) is 25.4 Å². The smallest absolute Gasteiger partial charge is 0.265 e. The molecule has 2 heterocycles. The summed E-state index contributed by atoms with van der Waals surface area (Å²) in [6.07, 6.45) is 0. The standard InChI is InChI=1S/C15H14N4O2S/c1-9-3-5-11(6-4-9)13-7-12(18-21-13)8-16-15(20)14-10(2)17-19-22-14/h3-7H,8H2,1-2H3,(H,16,20). The summed E-state index contributed by atoms with van der Waals surface area (Å²) >= 11 is 1.08. The fourth-order valence-corrected chi connectivity index (χ4v) is 2.51. The number of nitrogens with zero attached hydrogens (tertiary/aromatic N) is 3. The number of nitrogens with one attached hydrogen (secondary N) is 1. The maximum absolute atomic E-state index is 12.0. The zero-order valence-corrected chi connectivity index (χ0v) is 13.0. The van der Waals surface area contributed by atoms with E-state index in [0.717, 1.165) is 17.1 Å². The van der Waals surface area contributed by atoms with Crippen molar-refractivity contribution in [3.8, 4) is 11.3 Å². The first kappa shape index (κ1) is 14.4. The van der Waals surface area contributed by atoms with Gasteiger partial charge in [0.15, 0.2) is 5.76 Å². The van der Waals surface area contributed by atoms with Crippen LogP contribution in [0, 0.1) is 13.8 Å². The molecule has 6 nitrogen and oxygen atoms in total. The predicted molar refractivity (Wildman–Crippen MR) is 82.5 cm³/mol. The number of carbonyl (C=O) groups excluding carboxylic acids is 1. The Hall–Kier alpha value is -2.54. The van der Waals surface area contributed by atoms with Crippen LogP contribution in [0.25, 0.3) is 11.3 Å². The monoisotopic (exact) mass is 314 g/mol. The van der Waals surface area contributed by atoms with E-state index < -0.39 is 0 Å². The molecule has 0 unspecified atom stereocenters. The summed E-state index contributed by atoms with van der Waals surface area (Å²) in [4.78, 5) is 12.5. The van der Waals surface area contributed by atoms with Gasteiger partial charge in [0.05, 0.1) is 12.2 Å². The van der Waals surface area contributed by atoms with Gasteiger partial charge in [0, 0.05) is 11.6 Å². The minimum Gasteiger partial charge on any atom is -0.356 e. The summed E-state index contributed by atoms with van der Waals surface area (Å²) in [7, 11) is 0. The third kappa shape index (κ3) is 3.04. The molecule has 0 saturated heterocycles. The second kappa shape index (κ2) is 6.07. The number of aromatic nitrogens is 3. The summed E-state index contributed by atoms with van der Waals surface area (Å²) in [5.74, 6) is 0.479. The van der Waals surface area contributed by atoms with E-state index >= 15 is 0 Å². The van der Waals surface area contributed by atoms with Gasteiger partial charge in [0.25, 0.3) is 5.91 Å². The molecule has 0 aliphatic heterocycles. The van der Waals surface area contributed by atoms with E-state index in [-0.39, 0.29) is 5.91 Å². The quantitative estimate of drug-likeness (QED) is 0.801. The fourth-order valence-electron chi connectivity index (χ4n) is 1.94. The van der Waals surface area contributed by atoms with Gasteiger partial charge in [-0.1, -0.05) is 39.5 Å². The van der Waals surface area contributed by atoms with E-state index in [9.17, 15) is 4.79 Å². The Labute approximate surface area is 131 Å². The molecule has 0 saturated carbocycles. The Balaban J connectivity index is 1.66. The van der Waals surface area contributed by atoms with Gasteiger partial charge >= 0.3 is 0 Å². The first-order chi connectivity index (χ1) is 10.6. The molecule has 0 atom stereocenters. The highest BCUT2D eigenvalue weighted by Gasteiger charge is 2.14. The Morgan fingerprint density at radius 2 is 2.05 bits per heavy atom. The van der Waals surface area contributed by atoms with Crippen LogP contribution in [0.2, 0.25) is 0 Å². The SMILES string of the molecule is Cc1ccc(-c2cc(CNC(=O)c3snnc3C)no2)cc1. The van der Waals surface area contributed by atoms with Crippen LogP contribution in [-0.2, 0) is 6.54 Å². The van der Waals surface area contributed by atoms with Crippen molar-refractivity contribution in [3.05, 3.63) is 52.2 Å². The predicted octanol–water partition coefficient (Wildman–Crippen LogP) is 2.74. The van der Waals surface area contributed by atoms with Crippen LogP contribution in [0.5, 0.6) is 0 Å². The van der Waals surface area contributed by atoms with Crippen molar-refractivity contribution in [2.24, 2.45) is 0 Å². The first-order valence-electron chi connectivity index (χ1n) is 6.73. The number of benzene rings is 1. The van der Waals surface area contributed by atoms with Crippen molar-refractivity contribution < 1.29 is 9.32 Å². The molecular formula is C15H14N4O2S. The first-order valence-corrected chi connectivity index (χ1v) is 7.50. The molecule has 7 heteroatoms. The summed E-state index contributed by atoms with van der Waals surface area (Å²) in [6, 6.07) is 9.80. The van der Waals surface area contributed by atoms with Gasteiger partial charge in [-0.2, -0.15) is 0 Å². The van der Waals surface area contributed by atoms with Crippen LogP contribution in [-0.4, -0.2) is 20.7 Å². The lowest BCUT2D eigenvalue weighted by molar-refractivity contribution is 0.0953. The van der Waals surface area contributed by atoms with Gasteiger partial charge in [0.2, 0.25) is 0 Å². The number of hydrogen-bond donors (Lipinski definition) is 1. The second-order valence-electron chi connectivity index (χ2n) is 4.92. The van der Waals surface area contributed by atoms with Crippen molar-refractivity contribution in [3.63, 3.8) is 0 Å². The fraction of sp³-hybridized carbons (Fsp3) is 0.200. The summed E-state index contributed by atoms with van der Waals surface area (Å²) < 4.78 is 9.06. The Morgan fingerprint density at radius 1 is 1.27 bits per heavy atom. The van der Waals surface area contributed by atoms with Gasteiger partial charge < -0.3 is 9.84 Å². The van der Waals surface area contributed by atoms with E-state index in [1.807, 2.05) is 37.3 Å². The van der Waals surface area contributed by atoms with E-state index in [2.05, 4.69) is 20.1 Å². The van der Waals surface area contributed by atoms with E-state index in [1.165, 1.54) is 5.56 Å². The van der Waals surface area contributed by atoms with E-state index in [0.29, 0.717) is 28.6 Å². The average molecular weight is 314 g/mol. The molecule has 1 aromatic carbocycles. The lowest BCUT2D eigenvalue weighted by Crippen LogP contribution is -2.22. The van der Waals surface area contributed by atoms with Crippen molar-refractivity contribution in [1.29, 1.82) is 0 Å². The number of aryl methyl sites for hydroxylation is 2. The van der Waals surface area contributed by atoms with Crippen LogP contribution < -0.4 is 5.32 Å². The van der Waals surface area contributed by atoms with Crippen molar-refractivity contribution in [1.82, 2.24) is 20.1 Å². The highest BCUT2D eigenvalue weighted by Crippen LogP contribution is 2.20. The molecule has 112 valence electrons. The maximum Gasteiger partial charge on any atom is 0.265 e. The van der Waals surface area contributed by atoms with Crippen molar-refractivity contribution >= 4 is 17.4 Å². The maximum atomic E-state index is 12.0. The number of rotatable bonds is 4. The molecule has 0 aliphatic rings. The molecule has 1 N–H and O–H groups in total. The van der Waals surface area contributed by atoms with Gasteiger partial charge in [-0.15, -0.1) is 5.10 Å². The molecule has 2 aromatic heterocycles. The molecule has 0 spiro atoms. The number of amides is 1. The van der Waals surface area contributed by atoms with Gasteiger partial charge in [-0.3, -0.25) is 4.79 Å². The van der Waals surface area contributed by atoms with Crippen LogP contribution in [0.15, 0.2) is 34.9 Å². The Bertz CT molecular complexity index is 792. The van der Waals surface area contributed by atoms with E-state index in [4.69, 9.17) is 4.52 Å².